The van der Waals surface area contributed by atoms with Gasteiger partial charge in [-0.1, -0.05) is 34.1 Å². The molecule has 0 saturated carbocycles. The highest BCUT2D eigenvalue weighted by Crippen LogP contribution is 2.24. The molecule has 0 bridgehead atoms. The molecule has 11 heteroatoms. The standard InChI is InChI=1S/C19H21BrN4O5S/c20-15-4-3-5-16(14-15)30(28,29)23-12-10-22(11-13-23)9-8-19(25)21-17-6-1-2-7-18(17)24(26)27/h1-7,14H,8-13H2,(H,21,25). The summed E-state index contributed by atoms with van der Waals surface area (Å²) >= 11 is 3.29. The van der Waals surface area contributed by atoms with Crippen LogP contribution >= 0.6 is 15.9 Å². The number of carbonyl (C=O) groups is 1. The molecule has 1 aliphatic heterocycles. The zero-order valence-corrected chi connectivity index (χ0v) is 18.4. The minimum absolute atomic E-state index is 0.155. The van der Waals surface area contributed by atoms with Crippen molar-refractivity contribution in [1.82, 2.24) is 9.21 Å². The number of hydrogen-bond acceptors (Lipinski definition) is 6. The van der Waals surface area contributed by atoms with Gasteiger partial charge in [0.25, 0.3) is 5.69 Å². The van der Waals surface area contributed by atoms with Crippen molar-refractivity contribution in [3.05, 3.63) is 63.1 Å². The van der Waals surface area contributed by atoms with Gasteiger partial charge in [-0.3, -0.25) is 14.9 Å². The highest BCUT2D eigenvalue weighted by Gasteiger charge is 2.28. The van der Waals surface area contributed by atoms with Crippen LogP contribution < -0.4 is 5.32 Å². The first kappa shape index (κ1) is 22.3. The van der Waals surface area contributed by atoms with Crippen molar-refractivity contribution in [2.24, 2.45) is 0 Å². The highest BCUT2D eigenvalue weighted by atomic mass is 79.9. The second-order valence-electron chi connectivity index (χ2n) is 6.78. The summed E-state index contributed by atoms with van der Waals surface area (Å²) in [5.41, 5.74) is 0.00894. The Kier molecular flexibility index (Phi) is 7.19. The van der Waals surface area contributed by atoms with E-state index in [2.05, 4.69) is 21.2 Å². The molecule has 0 atom stereocenters. The van der Waals surface area contributed by atoms with Gasteiger partial charge in [-0.05, 0) is 24.3 Å². The maximum absolute atomic E-state index is 12.8. The van der Waals surface area contributed by atoms with Crippen molar-refractivity contribution < 1.29 is 18.1 Å². The summed E-state index contributed by atoms with van der Waals surface area (Å²) in [5, 5.41) is 13.6. The lowest BCUT2D eigenvalue weighted by atomic mass is 10.2. The highest BCUT2D eigenvalue weighted by molar-refractivity contribution is 9.10. The average molecular weight is 497 g/mol. The number of nitro groups is 1. The molecule has 3 rings (SSSR count). The third-order valence-electron chi connectivity index (χ3n) is 4.80. The van der Waals surface area contributed by atoms with Crippen molar-refractivity contribution in [1.29, 1.82) is 0 Å². The largest absolute Gasteiger partial charge is 0.320 e. The topological polar surface area (TPSA) is 113 Å². The molecule has 1 N–H and O–H groups in total. The molecule has 0 radical (unpaired) electrons. The lowest BCUT2D eigenvalue weighted by Gasteiger charge is -2.33. The summed E-state index contributed by atoms with van der Waals surface area (Å²) in [5.74, 6) is -0.325. The van der Waals surface area contributed by atoms with E-state index in [0.717, 1.165) is 0 Å². The van der Waals surface area contributed by atoms with Crippen LogP contribution in [0.25, 0.3) is 0 Å². The van der Waals surface area contributed by atoms with Crippen molar-refractivity contribution in [3.63, 3.8) is 0 Å². The van der Waals surface area contributed by atoms with Crippen LogP contribution in [0.5, 0.6) is 0 Å². The molecule has 160 valence electrons. The minimum Gasteiger partial charge on any atom is -0.320 e. The van der Waals surface area contributed by atoms with E-state index in [1.54, 1.807) is 30.3 Å². The normalized spacial score (nSPS) is 15.6. The first-order valence-corrected chi connectivity index (χ1v) is 11.5. The van der Waals surface area contributed by atoms with Gasteiger partial charge in [0, 0.05) is 49.7 Å². The van der Waals surface area contributed by atoms with Crippen LogP contribution in [0, 0.1) is 10.1 Å². The van der Waals surface area contributed by atoms with Crippen molar-refractivity contribution >= 4 is 43.2 Å². The third-order valence-corrected chi connectivity index (χ3v) is 7.18. The van der Waals surface area contributed by atoms with Gasteiger partial charge in [0.15, 0.2) is 0 Å². The van der Waals surface area contributed by atoms with E-state index in [0.29, 0.717) is 37.2 Å². The summed E-state index contributed by atoms with van der Waals surface area (Å²) in [6.07, 6.45) is 0.157. The molecule has 30 heavy (non-hydrogen) atoms. The molecular weight excluding hydrogens is 476 g/mol. The zero-order valence-electron chi connectivity index (χ0n) is 16.0. The number of benzene rings is 2. The van der Waals surface area contributed by atoms with Crippen LogP contribution in [0.15, 0.2) is 57.9 Å². The molecule has 0 unspecified atom stereocenters. The van der Waals surface area contributed by atoms with Crippen LogP contribution in [-0.2, 0) is 14.8 Å². The van der Waals surface area contributed by atoms with Gasteiger partial charge >= 0.3 is 0 Å². The second kappa shape index (κ2) is 9.65. The maximum atomic E-state index is 12.8. The third kappa shape index (κ3) is 5.42. The molecule has 9 nitrogen and oxygen atoms in total. The zero-order chi connectivity index (χ0) is 21.7. The number of para-hydroxylation sites is 2. The fraction of sp³-hybridized carbons (Fsp3) is 0.316. The summed E-state index contributed by atoms with van der Waals surface area (Å²) in [4.78, 5) is 24.9. The van der Waals surface area contributed by atoms with E-state index in [-0.39, 0.29) is 28.6 Å². The summed E-state index contributed by atoms with van der Waals surface area (Å²) in [6, 6.07) is 12.6. The number of carbonyl (C=O) groups excluding carboxylic acids is 1. The quantitative estimate of drug-likeness (QED) is 0.465. The predicted molar refractivity (Wildman–Crippen MR) is 116 cm³/mol. The first-order chi connectivity index (χ1) is 14.3. The van der Waals surface area contributed by atoms with Gasteiger partial charge in [0.1, 0.15) is 5.69 Å². The number of nitrogens with one attached hydrogen (secondary N) is 1. The summed E-state index contributed by atoms with van der Waals surface area (Å²) in [7, 11) is -3.56. The van der Waals surface area contributed by atoms with E-state index in [4.69, 9.17) is 0 Å². The molecule has 0 spiro atoms. The number of amides is 1. The molecule has 1 fully saturated rings. The molecule has 1 heterocycles. The van der Waals surface area contributed by atoms with Gasteiger partial charge in [0.2, 0.25) is 15.9 Å². The number of sulfonamides is 1. The lowest BCUT2D eigenvalue weighted by molar-refractivity contribution is -0.383. The van der Waals surface area contributed by atoms with Gasteiger partial charge in [-0.15, -0.1) is 0 Å². The number of piperazine rings is 1. The van der Waals surface area contributed by atoms with E-state index in [9.17, 15) is 23.3 Å². The Labute approximate surface area is 183 Å². The van der Waals surface area contributed by atoms with Gasteiger partial charge in [-0.25, -0.2) is 8.42 Å². The Balaban J connectivity index is 1.51. The SMILES string of the molecule is O=C(CCN1CCN(S(=O)(=O)c2cccc(Br)c2)CC1)Nc1ccccc1[N+](=O)[O-]. The van der Waals surface area contributed by atoms with Crippen molar-refractivity contribution in [2.75, 3.05) is 38.0 Å². The Morgan fingerprint density at radius 3 is 2.47 bits per heavy atom. The number of hydrogen-bond donors (Lipinski definition) is 1. The van der Waals surface area contributed by atoms with Gasteiger partial charge < -0.3 is 10.2 Å². The van der Waals surface area contributed by atoms with Crippen LogP contribution in [0.2, 0.25) is 0 Å². The van der Waals surface area contributed by atoms with Crippen LogP contribution in [0.1, 0.15) is 6.42 Å². The van der Waals surface area contributed by atoms with E-state index in [1.807, 2.05) is 4.90 Å². The van der Waals surface area contributed by atoms with Crippen LogP contribution in [0.3, 0.4) is 0 Å². The Morgan fingerprint density at radius 2 is 1.80 bits per heavy atom. The van der Waals surface area contributed by atoms with Crippen LogP contribution in [-0.4, -0.2) is 61.2 Å². The smallest absolute Gasteiger partial charge is 0.292 e. The Morgan fingerprint density at radius 1 is 1.10 bits per heavy atom. The molecule has 0 aromatic heterocycles. The molecule has 1 aliphatic rings. The first-order valence-electron chi connectivity index (χ1n) is 9.29. The fourth-order valence-electron chi connectivity index (χ4n) is 3.18. The number of nitro benzene ring substituents is 1. The van der Waals surface area contributed by atoms with Crippen molar-refractivity contribution in [2.45, 2.75) is 11.3 Å². The van der Waals surface area contributed by atoms with Crippen LogP contribution in [0.4, 0.5) is 11.4 Å². The minimum atomic E-state index is -3.56. The summed E-state index contributed by atoms with van der Waals surface area (Å²) < 4.78 is 27.7. The van der Waals surface area contributed by atoms with E-state index in [1.165, 1.54) is 22.5 Å². The van der Waals surface area contributed by atoms with E-state index >= 15 is 0 Å². The molecule has 2 aromatic rings. The molecule has 0 aliphatic carbocycles. The molecule has 1 saturated heterocycles. The monoisotopic (exact) mass is 496 g/mol. The fourth-order valence-corrected chi connectivity index (χ4v) is 5.20. The van der Waals surface area contributed by atoms with Gasteiger partial charge in [0.05, 0.1) is 9.82 Å². The predicted octanol–water partition coefficient (Wildman–Crippen LogP) is 2.69. The van der Waals surface area contributed by atoms with Crippen molar-refractivity contribution in [3.8, 4) is 0 Å². The molecule has 2 aromatic carbocycles. The summed E-state index contributed by atoms with van der Waals surface area (Å²) in [6.45, 7) is 2.12. The number of halogens is 1. The second-order valence-corrected chi connectivity index (χ2v) is 9.63. The maximum Gasteiger partial charge on any atom is 0.292 e. The average Bonchev–Trinajstić information content (AvgIpc) is 2.73. The lowest BCUT2D eigenvalue weighted by Crippen LogP contribution is -2.49. The van der Waals surface area contributed by atoms with E-state index < -0.39 is 14.9 Å². The Bertz CT molecular complexity index is 1040. The Hall–Kier alpha value is -2.34. The molecule has 1 amide bonds. The number of rotatable bonds is 7. The number of nitrogens with zero attached hydrogens (tertiary/aromatic N) is 3. The number of anilines is 1. The molecular formula is C19H21BrN4O5S. The van der Waals surface area contributed by atoms with Gasteiger partial charge in [-0.2, -0.15) is 4.31 Å².